The van der Waals surface area contributed by atoms with Crippen LogP contribution >= 0.6 is 0 Å². The SMILES string of the molecule is Cc1nn(C)c(F)c1/C=N/NC(=O)c1ccn(Cn2cccn2)n1. The standard InChI is InChI=1S/C14H15FN8O/c1-10-11(13(15)21(2)19-10)8-16-18-14(24)12-4-7-23(20-12)9-22-6-3-5-17-22/h3-8H,9H2,1-2H3,(H,18,24)/b16-8+. The van der Waals surface area contributed by atoms with Crippen molar-refractivity contribution in [1.82, 2.24) is 34.8 Å². The average Bonchev–Trinajstić information content (AvgIpc) is 3.26. The molecule has 0 aliphatic carbocycles. The largest absolute Gasteiger partial charge is 0.291 e. The monoisotopic (exact) mass is 330 g/mol. The van der Waals surface area contributed by atoms with E-state index in [-0.39, 0.29) is 11.3 Å². The van der Waals surface area contributed by atoms with Crippen molar-refractivity contribution < 1.29 is 9.18 Å². The molecule has 0 saturated carbocycles. The van der Waals surface area contributed by atoms with Crippen molar-refractivity contribution in [3.05, 3.63) is 53.6 Å². The van der Waals surface area contributed by atoms with Crippen molar-refractivity contribution in [2.75, 3.05) is 0 Å². The van der Waals surface area contributed by atoms with Gasteiger partial charge in [0.25, 0.3) is 5.91 Å². The van der Waals surface area contributed by atoms with Gasteiger partial charge in [-0.15, -0.1) is 0 Å². The molecule has 3 aromatic rings. The third-order valence-corrected chi connectivity index (χ3v) is 3.28. The van der Waals surface area contributed by atoms with Gasteiger partial charge in [0.15, 0.2) is 5.69 Å². The van der Waals surface area contributed by atoms with Crippen LogP contribution in [-0.2, 0) is 13.7 Å². The fraction of sp³-hybridized carbons (Fsp3) is 0.214. The Balaban J connectivity index is 1.63. The number of nitrogens with one attached hydrogen (secondary N) is 1. The summed E-state index contributed by atoms with van der Waals surface area (Å²) in [5.41, 5.74) is 3.22. The van der Waals surface area contributed by atoms with Crippen LogP contribution in [0.1, 0.15) is 21.7 Å². The number of nitrogens with zero attached hydrogens (tertiary/aromatic N) is 7. The van der Waals surface area contributed by atoms with E-state index in [1.54, 1.807) is 47.0 Å². The zero-order valence-electron chi connectivity index (χ0n) is 13.1. The molecule has 3 rings (SSSR count). The number of rotatable bonds is 5. The van der Waals surface area contributed by atoms with Crippen LogP contribution in [0.25, 0.3) is 0 Å². The third-order valence-electron chi connectivity index (χ3n) is 3.28. The highest BCUT2D eigenvalue weighted by Gasteiger charge is 2.12. The second-order valence-electron chi connectivity index (χ2n) is 5.04. The van der Waals surface area contributed by atoms with Crippen LogP contribution in [0.3, 0.4) is 0 Å². The first-order valence-corrected chi connectivity index (χ1v) is 7.08. The van der Waals surface area contributed by atoms with E-state index in [0.29, 0.717) is 12.4 Å². The Morgan fingerprint density at radius 3 is 2.88 bits per heavy atom. The van der Waals surface area contributed by atoms with E-state index in [1.165, 1.54) is 13.3 Å². The van der Waals surface area contributed by atoms with Crippen LogP contribution in [0, 0.1) is 12.9 Å². The zero-order valence-corrected chi connectivity index (χ0v) is 13.1. The number of aromatic nitrogens is 6. The number of carbonyl (C=O) groups is 1. The summed E-state index contributed by atoms with van der Waals surface area (Å²) in [6, 6.07) is 3.36. The lowest BCUT2D eigenvalue weighted by molar-refractivity contribution is 0.0949. The third kappa shape index (κ3) is 3.21. The summed E-state index contributed by atoms with van der Waals surface area (Å²) in [6.07, 6.45) is 6.32. The minimum atomic E-state index is -0.519. The summed E-state index contributed by atoms with van der Waals surface area (Å²) in [5.74, 6) is -1.01. The fourth-order valence-corrected chi connectivity index (χ4v) is 2.10. The maximum Gasteiger partial charge on any atom is 0.291 e. The molecule has 0 unspecified atom stereocenters. The molecule has 3 aromatic heterocycles. The number of hydrogen-bond acceptors (Lipinski definition) is 5. The molecule has 10 heteroatoms. The summed E-state index contributed by atoms with van der Waals surface area (Å²) in [7, 11) is 1.49. The molecule has 0 aliphatic heterocycles. The summed E-state index contributed by atoms with van der Waals surface area (Å²) >= 11 is 0. The van der Waals surface area contributed by atoms with Crippen molar-refractivity contribution in [1.29, 1.82) is 0 Å². The maximum absolute atomic E-state index is 13.7. The van der Waals surface area contributed by atoms with Gasteiger partial charge in [0.05, 0.1) is 17.5 Å². The molecule has 0 aromatic carbocycles. The first-order valence-electron chi connectivity index (χ1n) is 7.08. The van der Waals surface area contributed by atoms with Gasteiger partial charge >= 0.3 is 0 Å². The topological polar surface area (TPSA) is 94.9 Å². The Hall–Kier alpha value is -3.30. The molecule has 0 spiro atoms. The predicted molar refractivity (Wildman–Crippen MR) is 82.8 cm³/mol. The van der Waals surface area contributed by atoms with Crippen LogP contribution in [0.4, 0.5) is 4.39 Å². The van der Waals surface area contributed by atoms with Crippen LogP contribution < -0.4 is 5.43 Å². The normalized spacial score (nSPS) is 11.3. The number of amides is 1. The Morgan fingerprint density at radius 1 is 1.38 bits per heavy atom. The van der Waals surface area contributed by atoms with Gasteiger partial charge in [-0.1, -0.05) is 0 Å². The van der Waals surface area contributed by atoms with Crippen LogP contribution in [-0.4, -0.2) is 41.5 Å². The lowest BCUT2D eigenvalue weighted by Crippen LogP contribution is -2.19. The van der Waals surface area contributed by atoms with Gasteiger partial charge in [-0.2, -0.15) is 24.8 Å². The zero-order chi connectivity index (χ0) is 17.1. The lowest BCUT2D eigenvalue weighted by Gasteiger charge is -2.00. The van der Waals surface area contributed by atoms with Crippen molar-refractivity contribution >= 4 is 12.1 Å². The van der Waals surface area contributed by atoms with Gasteiger partial charge in [0.2, 0.25) is 5.95 Å². The molecule has 0 aliphatic rings. The van der Waals surface area contributed by atoms with Gasteiger partial charge in [-0.3, -0.25) is 14.2 Å². The van der Waals surface area contributed by atoms with E-state index < -0.39 is 11.9 Å². The van der Waals surface area contributed by atoms with Crippen LogP contribution in [0.15, 0.2) is 35.8 Å². The molecule has 24 heavy (non-hydrogen) atoms. The number of hydrazone groups is 1. The minimum absolute atomic E-state index is 0.197. The highest BCUT2D eigenvalue weighted by Crippen LogP contribution is 2.07. The van der Waals surface area contributed by atoms with Crippen LogP contribution in [0.2, 0.25) is 0 Å². The smallest absolute Gasteiger partial charge is 0.265 e. The predicted octanol–water partition coefficient (Wildman–Crippen LogP) is 0.530. The lowest BCUT2D eigenvalue weighted by atomic mass is 10.3. The van der Waals surface area contributed by atoms with Crippen LogP contribution in [0.5, 0.6) is 0 Å². The Labute approximate surface area is 136 Å². The minimum Gasteiger partial charge on any atom is -0.265 e. The molecule has 1 N–H and O–H groups in total. The molecule has 0 saturated heterocycles. The highest BCUT2D eigenvalue weighted by atomic mass is 19.1. The summed E-state index contributed by atoms with van der Waals surface area (Å²) in [4.78, 5) is 12.0. The number of hydrogen-bond donors (Lipinski definition) is 1. The number of halogens is 1. The molecular weight excluding hydrogens is 315 g/mol. The van der Waals surface area contributed by atoms with E-state index in [2.05, 4.69) is 25.8 Å². The summed E-state index contributed by atoms with van der Waals surface area (Å²) in [6.45, 7) is 2.05. The summed E-state index contributed by atoms with van der Waals surface area (Å²) in [5, 5.41) is 15.9. The molecule has 0 atom stereocenters. The van der Waals surface area contributed by atoms with Gasteiger partial charge in [-0.05, 0) is 19.1 Å². The van der Waals surface area contributed by atoms with E-state index in [4.69, 9.17) is 0 Å². The van der Waals surface area contributed by atoms with E-state index in [1.807, 2.05) is 0 Å². The second-order valence-corrected chi connectivity index (χ2v) is 5.04. The Kier molecular flexibility index (Phi) is 4.18. The van der Waals surface area contributed by atoms with Crippen molar-refractivity contribution in [3.8, 4) is 0 Å². The fourth-order valence-electron chi connectivity index (χ4n) is 2.10. The average molecular weight is 330 g/mol. The number of carbonyl (C=O) groups excluding carboxylic acids is 1. The molecule has 9 nitrogen and oxygen atoms in total. The second kappa shape index (κ2) is 6.44. The van der Waals surface area contributed by atoms with Gasteiger partial charge in [-0.25, -0.2) is 10.1 Å². The molecule has 0 radical (unpaired) electrons. The van der Waals surface area contributed by atoms with Gasteiger partial charge < -0.3 is 0 Å². The molecule has 0 bridgehead atoms. The first-order chi connectivity index (χ1) is 11.5. The van der Waals surface area contributed by atoms with E-state index >= 15 is 0 Å². The molecule has 1 amide bonds. The molecule has 124 valence electrons. The molecular formula is C14H15FN8O. The summed E-state index contributed by atoms with van der Waals surface area (Å²) < 4.78 is 18.1. The van der Waals surface area contributed by atoms with Crippen molar-refractivity contribution in [2.45, 2.75) is 13.6 Å². The Morgan fingerprint density at radius 2 is 2.21 bits per heavy atom. The van der Waals surface area contributed by atoms with Crippen molar-refractivity contribution in [3.63, 3.8) is 0 Å². The highest BCUT2D eigenvalue weighted by molar-refractivity contribution is 5.93. The first kappa shape index (κ1) is 15.6. The van der Waals surface area contributed by atoms with Crippen molar-refractivity contribution in [2.24, 2.45) is 12.1 Å². The molecule has 0 fully saturated rings. The van der Waals surface area contributed by atoms with E-state index in [9.17, 15) is 9.18 Å². The Bertz CT molecular complexity index is 877. The van der Waals surface area contributed by atoms with E-state index in [0.717, 1.165) is 4.68 Å². The van der Waals surface area contributed by atoms with Gasteiger partial charge in [0, 0.05) is 25.6 Å². The van der Waals surface area contributed by atoms with Gasteiger partial charge in [0.1, 0.15) is 6.67 Å². The number of aryl methyl sites for hydroxylation is 2. The molecule has 3 heterocycles. The quantitative estimate of drug-likeness (QED) is 0.545. The maximum atomic E-state index is 13.7.